The molecule has 0 aliphatic rings. The van der Waals surface area contributed by atoms with Gasteiger partial charge in [-0.25, -0.2) is 4.98 Å². The fourth-order valence-corrected chi connectivity index (χ4v) is 3.76. The zero-order chi connectivity index (χ0) is 16.8. The number of aryl methyl sites for hydroxylation is 2. The van der Waals surface area contributed by atoms with Crippen LogP contribution in [0.15, 0.2) is 4.79 Å². The van der Waals surface area contributed by atoms with Gasteiger partial charge in [-0.15, -0.1) is 11.3 Å². The van der Waals surface area contributed by atoms with Gasteiger partial charge in [-0.3, -0.25) is 4.79 Å². The highest BCUT2D eigenvalue weighted by Crippen LogP contribution is 2.25. The predicted molar refractivity (Wildman–Crippen MR) is 98.4 cm³/mol. The normalized spacial score (nSPS) is 11.7. The summed E-state index contributed by atoms with van der Waals surface area (Å²) in [5.41, 5.74) is 1.03. The van der Waals surface area contributed by atoms with Crippen LogP contribution in [0.1, 0.15) is 43.0 Å². The molecule has 2 aromatic rings. The Balaban J connectivity index is 1.83. The van der Waals surface area contributed by atoms with Crippen molar-refractivity contribution in [1.82, 2.24) is 20.2 Å². The Bertz CT molecular complexity index is 688. The Labute approximate surface area is 142 Å². The number of rotatable bonds is 9. The SMILES string of the molecule is CCN(CC)CCCCNCc1nc2sc(C)c(C)c2c(=O)[nH]1. The Morgan fingerprint density at radius 3 is 2.65 bits per heavy atom. The molecular weight excluding hydrogens is 308 g/mol. The third-order valence-electron chi connectivity index (χ3n) is 4.35. The molecule has 23 heavy (non-hydrogen) atoms. The maximum Gasteiger partial charge on any atom is 0.259 e. The van der Waals surface area contributed by atoms with E-state index in [9.17, 15) is 4.79 Å². The molecule has 0 aliphatic heterocycles. The molecule has 6 heteroatoms. The summed E-state index contributed by atoms with van der Waals surface area (Å²) in [5, 5.41) is 4.12. The fraction of sp³-hybridized carbons (Fsp3) is 0.647. The lowest BCUT2D eigenvalue weighted by Gasteiger charge is -2.17. The van der Waals surface area contributed by atoms with Gasteiger partial charge in [-0.1, -0.05) is 13.8 Å². The topological polar surface area (TPSA) is 61.0 Å². The summed E-state index contributed by atoms with van der Waals surface area (Å²) < 4.78 is 0. The summed E-state index contributed by atoms with van der Waals surface area (Å²) >= 11 is 1.60. The molecule has 0 atom stereocenters. The van der Waals surface area contributed by atoms with Crippen LogP contribution < -0.4 is 10.9 Å². The third kappa shape index (κ3) is 4.62. The van der Waals surface area contributed by atoms with Crippen LogP contribution in [0.3, 0.4) is 0 Å². The van der Waals surface area contributed by atoms with Gasteiger partial charge in [0.2, 0.25) is 0 Å². The highest BCUT2D eigenvalue weighted by atomic mass is 32.1. The minimum Gasteiger partial charge on any atom is -0.310 e. The first-order valence-electron chi connectivity index (χ1n) is 8.48. The predicted octanol–water partition coefficient (Wildman–Crippen LogP) is 2.81. The molecule has 0 saturated heterocycles. The van der Waals surface area contributed by atoms with E-state index in [-0.39, 0.29) is 5.56 Å². The number of nitrogens with zero attached hydrogens (tertiary/aromatic N) is 2. The van der Waals surface area contributed by atoms with Crippen LogP contribution in [-0.2, 0) is 6.54 Å². The van der Waals surface area contributed by atoms with E-state index in [1.54, 1.807) is 11.3 Å². The van der Waals surface area contributed by atoms with Crippen molar-refractivity contribution in [2.75, 3.05) is 26.2 Å². The molecule has 0 unspecified atom stereocenters. The number of hydrogen-bond donors (Lipinski definition) is 2. The molecular formula is C17H28N4OS. The van der Waals surface area contributed by atoms with Crippen LogP contribution >= 0.6 is 11.3 Å². The van der Waals surface area contributed by atoms with Gasteiger partial charge >= 0.3 is 0 Å². The van der Waals surface area contributed by atoms with E-state index in [4.69, 9.17) is 0 Å². The molecule has 0 saturated carbocycles. The zero-order valence-electron chi connectivity index (χ0n) is 14.7. The van der Waals surface area contributed by atoms with Crippen molar-refractivity contribution in [3.05, 3.63) is 26.6 Å². The van der Waals surface area contributed by atoms with Gasteiger partial charge in [-0.2, -0.15) is 0 Å². The molecule has 0 aliphatic carbocycles. The highest BCUT2D eigenvalue weighted by molar-refractivity contribution is 7.18. The minimum absolute atomic E-state index is 0.0183. The molecule has 2 rings (SSSR count). The Morgan fingerprint density at radius 1 is 1.22 bits per heavy atom. The van der Waals surface area contributed by atoms with E-state index < -0.39 is 0 Å². The van der Waals surface area contributed by atoms with Crippen molar-refractivity contribution < 1.29 is 0 Å². The van der Waals surface area contributed by atoms with E-state index in [1.807, 2.05) is 13.8 Å². The summed E-state index contributed by atoms with van der Waals surface area (Å²) in [6, 6.07) is 0. The standard InChI is InChI=1S/C17H28N4OS/c1-5-21(6-2)10-8-7-9-18-11-14-19-16(22)15-12(3)13(4)23-17(15)20-14/h18H,5-11H2,1-4H3,(H,19,20,22). The number of H-pyrrole nitrogens is 1. The van der Waals surface area contributed by atoms with Crippen molar-refractivity contribution in [1.29, 1.82) is 0 Å². The number of aromatic amines is 1. The fourth-order valence-electron chi connectivity index (χ4n) is 2.71. The second-order valence-corrected chi connectivity index (χ2v) is 7.09. The second-order valence-electron chi connectivity index (χ2n) is 5.89. The Hall–Kier alpha value is -1.24. The monoisotopic (exact) mass is 336 g/mol. The van der Waals surface area contributed by atoms with Crippen LogP contribution in [0.25, 0.3) is 10.2 Å². The average Bonchev–Trinajstić information content (AvgIpc) is 2.81. The van der Waals surface area contributed by atoms with Crippen molar-refractivity contribution >= 4 is 21.6 Å². The summed E-state index contributed by atoms with van der Waals surface area (Å²) in [4.78, 5) is 24.1. The lowest BCUT2D eigenvalue weighted by molar-refractivity contribution is 0.296. The largest absolute Gasteiger partial charge is 0.310 e. The molecule has 0 aromatic carbocycles. The molecule has 0 radical (unpaired) electrons. The van der Waals surface area contributed by atoms with Crippen LogP contribution in [0.5, 0.6) is 0 Å². The van der Waals surface area contributed by atoms with Crippen LogP contribution in [-0.4, -0.2) is 41.0 Å². The number of unbranched alkanes of at least 4 members (excludes halogenated alkanes) is 1. The number of thiophene rings is 1. The quantitative estimate of drug-likeness (QED) is 0.691. The first-order chi connectivity index (χ1) is 11.1. The molecule has 0 spiro atoms. The van der Waals surface area contributed by atoms with E-state index in [1.165, 1.54) is 11.3 Å². The second kappa shape index (κ2) is 8.57. The first kappa shape index (κ1) is 18.1. The van der Waals surface area contributed by atoms with Gasteiger partial charge in [0.25, 0.3) is 5.56 Å². The lowest BCUT2D eigenvalue weighted by Crippen LogP contribution is -2.25. The average molecular weight is 337 g/mol. The molecule has 2 aromatic heterocycles. The molecule has 0 amide bonds. The van der Waals surface area contributed by atoms with Gasteiger partial charge in [0, 0.05) is 4.88 Å². The van der Waals surface area contributed by atoms with Crippen molar-refractivity contribution in [2.24, 2.45) is 0 Å². The summed E-state index contributed by atoms with van der Waals surface area (Å²) in [7, 11) is 0. The Kier molecular flexibility index (Phi) is 6.74. The molecule has 2 heterocycles. The Morgan fingerprint density at radius 2 is 1.96 bits per heavy atom. The van der Waals surface area contributed by atoms with Crippen molar-refractivity contribution in [3.8, 4) is 0 Å². The third-order valence-corrected chi connectivity index (χ3v) is 5.45. The number of aromatic nitrogens is 2. The summed E-state index contributed by atoms with van der Waals surface area (Å²) in [6.45, 7) is 13.4. The van der Waals surface area contributed by atoms with Gasteiger partial charge in [-0.05, 0) is 58.4 Å². The molecule has 128 valence electrons. The zero-order valence-corrected chi connectivity index (χ0v) is 15.5. The van der Waals surface area contributed by atoms with Gasteiger partial charge in [0.05, 0.1) is 11.9 Å². The maximum absolute atomic E-state index is 12.2. The van der Waals surface area contributed by atoms with Crippen molar-refractivity contribution in [3.63, 3.8) is 0 Å². The molecule has 5 nitrogen and oxygen atoms in total. The minimum atomic E-state index is -0.0183. The van der Waals surface area contributed by atoms with E-state index in [0.29, 0.717) is 6.54 Å². The number of fused-ring (bicyclic) bond motifs is 1. The van der Waals surface area contributed by atoms with Crippen LogP contribution in [0.2, 0.25) is 0 Å². The highest BCUT2D eigenvalue weighted by Gasteiger charge is 2.11. The number of hydrogen-bond acceptors (Lipinski definition) is 5. The van der Waals surface area contributed by atoms with Gasteiger partial charge < -0.3 is 15.2 Å². The van der Waals surface area contributed by atoms with Crippen LogP contribution in [0.4, 0.5) is 0 Å². The van der Waals surface area contributed by atoms with E-state index in [0.717, 1.165) is 54.2 Å². The van der Waals surface area contributed by atoms with Crippen LogP contribution in [0, 0.1) is 13.8 Å². The number of nitrogens with one attached hydrogen (secondary N) is 2. The smallest absolute Gasteiger partial charge is 0.259 e. The summed E-state index contributed by atoms with van der Waals surface area (Å²) in [5.74, 6) is 0.729. The van der Waals surface area contributed by atoms with E-state index in [2.05, 4.69) is 34.0 Å². The molecule has 0 bridgehead atoms. The maximum atomic E-state index is 12.2. The van der Waals surface area contributed by atoms with Gasteiger partial charge in [0.1, 0.15) is 10.7 Å². The van der Waals surface area contributed by atoms with E-state index >= 15 is 0 Å². The van der Waals surface area contributed by atoms with Crippen molar-refractivity contribution in [2.45, 2.75) is 47.1 Å². The molecule has 0 fully saturated rings. The molecule has 2 N–H and O–H groups in total. The first-order valence-corrected chi connectivity index (χ1v) is 9.30. The lowest BCUT2D eigenvalue weighted by atomic mass is 10.2. The van der Waals surface area contributed by atoms with Gasteiger partial charge in [0.15, 0.2) is 0 Å². The summed E-state index contributed by atoms with van der Waals surface area (Å²) in [6.07, 6.45) is 2.33.